The maximum Gasteiger partial charge on any atom is 0.232 e. The van der Waals surface area contributed by atoms with E-state index in [0.29, 0.717) is 25.7 Å². The van der Waals surface area contributed by atoms with Crippen LogP contribution in [-0.4, -0.2) is 47.8 Å². The van der Waals surface area contributed by atoms with Crippen molar-refractivity contribution < 1.29 is 9.47 Å². The van der Waals surface area contributed by atoms with Gasteiger partial charge in [-0.05, 0) is 43.5 Å². The fraction of sp³-hybridized carbons (Fsp3) is 0.474. The third kappa shape index (κ3) is 6.27. The van der Waals surface area contributed by atoms with E-state index in [4.69, 9.17) is 21.1 Å². The molecule has 1 aliphatic rings. The van der Waals surface area contributed by atoms with Gasteiger partial charge in [-0.2, -0.15) is 0 Å². The summed E-state index contributed by atoms with van der Waals surface area (Å²) in [5.41, 5.74) is 2.26. The predicted octanol–water partition coefficient (Wildman–Crippen LogP) is 3.36. The average molecular weight is 362 g/mol. The molecule has 134 valence electrons. The first kappa shape index (κ1) is 18.1. The normalized spacial score (nSPS) is 17.5. The highest BCUT2D eigenvalue weighted by atomic mass is 35.5. The van der Waals surface area contributed by atoms with E-state index >= 15 is 0 Å². The van der Waals surface area contributed by atoms with E-state index in [-0.39, 0.29) is 0 Å². The predicted molar refractivity (Wildman–Crippen MR) is 98.0 cm³/mol. The summed E-state index contributed by atoms with van der Waals surface area (Å²) in [5.74, 6) is 0.586. The van der Waals surface area contributed by atoms with Gasteiger partial charge >= 0.3 is 0 Å². The fourth-order valence-corrected chi connectivity index (χ4v) is 2.96. The SMILES string of the molecule is Clc1ccc(CN2CCCCc3cncc(n3)OCCOCC2)cc1. The number of aryl methyl sites for hydroxylation is 1. The van der Waals surface area contributed by atoms with Gasteiger partial charge in [-0.3, -0.25) is 9.88 Å². The molecule has 0 amide bonds. The third-order valence-electron chi connectivity index (χ3n) is 4.17. The number of ether oxygens (including phenoxy) is 2. The van der Waals surface area contributed by atoms with Crippen LogP contribution in [0.3, 0.4) is 0 Å². The summed E-state index contributed by atoms with van der Waals surface area (Å²) in [5, 5.41) is 0.774. The Kier molecular flexibility index (Phi) is 7.03. The molecule has 0 aliphatic carbocycles. The Balaban J connectivity index is 1.58. The minimum Gasteiger partial charge on any atom is -0.474 e. The summed E-state index contributed by atoms with van der Waals surface area (Å²) >= 11 is 5.98. The van der Waals surface area contributed by atoms with E-state index in [2.05, 4.69) is 27.0 Å². The maximum absolute atomic E-state index is 5.98. The van der Waals surface area contributed by atoms with Crippen LogP contribution in [0.4, 0.5) is 0 Å². The highest BCUT2D eigenvalue weighted by molar-refractivity contribution is 6.30. The van der Waals surface area contributed by atoms with E-state index in [9.17, 15) is 0 Å². The van der Waals surface area contributed by atoms with E-state index in [1.165, 1.54) is 5.56 Å². The lowest BCUT2D eigenvalue weighted by Gasteiger charge is -2.22. The molecule has 1 aromatic carbocycles. The molecule has 6 heteroatoms. The van der Waals surface area contributed by atoms with Crippen molar-refractivity contribution in [3.63, 3.8) is 0 Å². The molecule has 25 heavy (non-hydrogen) atoms. The van der Waals surface area contributed by atoms with Crippen LogP contribution in [0.1, 0.15) is 24.1 Å². The number of halogens is 1. The zero-order valence-corrected chi connectivity index (χ0v) is 15.1. The number of rotatable bonds is 2. The Bertz CT molecular complexity index is 651. The molecule has 2 aromatic rings. The van der Waals surface area contributed by atoms with E-state index in [1.807, 2.05) is 18.3 Å². The molecule has 0 saturated carbocycles. The van der Waals surface area contributed by atoms with Gasteiger partial charge in [0.05, 0.1) is 25.1 Å². The standard InChI is InChI=1S/C19H24ClN3O2/c20-17-6-4-16(5-7-17)15-23-8-2-1-3-18-13-21-14-19(22-18)25-12-11-24-10-9-23/h4-7,13-14H,1-3,8-12,15H2. The van der Waals surface area contributed by atoms with Gasteiger partial charge < -0.3 is 9.47 Å². The van der Waals surface area contributed by atoms with Gasteiger partial charge in [-0.15, -0.1) is 0 Å². The monoisotopic (exact) mass is 361 g/mol. The van der Waals surface area contributed by atoms with Crippen LogP contribution in [0.25, 0.3) is 0 Å². The van der Waals surface area contributed by atoms with Crippen LogP contribution >= 0.6 is 11.6 Å². The molecular weight excluding hydrogens is 338 g/mol. The van der Waals surface area contributed by atoms with Gasteiger partial charge in [0.1, 0.15) is 6.61 Å². The zero-order chi connectivity index (χ0) is 17.3. The molecule has 0 spiro atoms. The Hall–Kier alpha value is -1.69. The van der Waals surface area contributed by atoms with Crippen molar-refractivity contribution in [3.8, 4) is 5.88 Å². The summed E-state index contributed by atoms with van der Waals surface area (Å²) < 4.78 is 11.3. The van der Waals surface area contributed by atoms with Crippen molar-refractivity contribution in [2.45, 2.75) is 25.8 Å². The zero-order valence-electron chi connectivity index (χ0n) is 14.4. The summed E-state index contributed by atoms with van der Waals surface area (Å²) in [4.78, 5) is 11.1. The van der Waals surface area contributed by atoms with Crippen LogP contribution < -0.4 is 4.74 Å². The molecule has 1 aliphatic heterocycles. The first-order valence-electron chi connectivity index (χ1n) is 8.78. The number of fused-ring (bicyclic) bond motifs is 2. The van der Waals surface area contributed by atoms with Gasteiger partial charge in [0.25, 0.3) is 0 Å². The van der Waals surface area contributed by atoms with E-state index in [1.54, 1.807) is 6.20 Å². The summed E-state index contributed by atoms with van der Waals surface area (Å²) in [6.07, 6.45) is 6.59. The van der Waals surface area contributed by atoms with Crippen molar-refractivity contribution in [2.24, 2.45) is 0 Å². The largest absolute Gasteiger partial charge is 0.474 e. The molecule has 0 N–H and O–H groups in total. The highest BCUT2D eigenvalue weighted by Gasteiger charge is 2.08. The lowest BCUT2D eigenvalue weighted by molar-refractivity contribution is 0.0758. The minimum atomic E-state index is 0.495. The van der Waals surface area contributed by atoms with Crippen LogP contribution in [0.2, 0.25) is 5.02 Å². The second-order valence-electron chi connectivity index (χ2n) is 6.17. The van der Waals surface area contributed by atoms with Crippen molar-refractivity contribution >= 4 is 11.6 Å². The molecule has 0 fully saturated rings. The van der Waals surface area contributed by atoms with Gasteiger partial charge in [-0.25, -0.2) is 4.98 Å². The van der Waals surface area contributed by atoms with Gasteiger partial charge in [0, 0.05) is 24.3 Å². The second kappa shape index (κ2) is 9.70. The van der Waals surface area contributed by atoms with Gasteiger partial charge in [-0.1, -0.05) is 23.7 Å². The quantitative estimate of drug-likeness (QED) is 0.820. The summed E-state index contributed by atoms with van der Waals surface area (Å²) in [6, 6.07) is 8.06. The number of benzene rings is 1. The molecular formula is C19H24ClN3O2. The number of nitrogens with zero attached hydrogens (tertiary/aromatic N) is 3. The molecule has 1 aromatic heterocycles. The van der Waals surface area contributed by atoms with Gasteiger partial charge in [0.2, 0.25) is 5.88 Å². The van der Waals surface area contributed by atoms with Crippen LogP contribution in [0, 0.1) is 0 Å². The first-order chi connectivity index (χ1) is 12.3. The van der Waals surface area contributed by atoms with E-state index in [0.717, 1.165) is 49.6 Å². The lowest BCUT2D eigenvalue weighted by Crippen LogP contribution is -2.29. The fourth-order valence-electron chi connectivity index (χ4n) is 2.84. The first-order valence-corrected chi connectivity index (χ1v) is 9.16. The van der Waals surface area contributed by atoms with Crippen LogP contribution in [0.5, 0.6) is 5.88 Å². The van der Waals surface area contributed by atoms with Crippen molar-refractivity contribution in [3.05, 3.63) is 52.9 Å². The maximum atomic E-state index is 5.98. The van der Waals surface area contributed by atoms with Crippen molar-refractivity contribution in [1.82, 2.24) is 14.9 Å². The highest BCUT2D eigenvalue weighted by Crippen LogP contribution is 2.13. The minimum absolute atomic E-state index is 0.495. The Labute approximate surface area is 153 Å². The average Bonchev–Trinajstić information content (AvgIpc) is 2.63. The van der Waals surface area contributed by atoms with Crippen LogP contribution in [-0.2, 0) is 17.7 Å². The molecule has 2 bridgehead atoms. The number of aromatic nitrogens is 2. The topological polar surface area (TPSA) is 47.5 Å². The number of hydrogen-bond acceptors (Lipinski definition) is 5. The third-order valence-corrected chi connectivity index (χ3v) is 4.42. The Morgan fingerprint density at radius 1 is 1.00 bits per heavy atom. The number of hydrogen-bond donors (Lipinski definition) is 0. The summed E-state index contributed by atoms with van der Waals surface area (Å²) in [6.45, 7) is 4.61. The Morgan fingerprint density at radius 2 is 1.88 bits per heavy atom. The molecule has 0 unspecified atom stereocenters. The van der Waals surface area contributed by atoms with E-state index < -0.39 is 0 Å². The molecule has 0 saturated heterocycles. The van der Waals surface area contributed by atoms with Crippen molar-refractivity contribution in [1.29, 1.82) is 0 Å². The second-order valence-corrected chi connectivity index (χ2v) is 6.61. The Morgan fingerprint density at radius 3 is 2.76 bits per heavy atom. The molecule has 2 heterocycles. The van der Waals surface area contributed by atoms with Crippen LogP contribution in [0.15, 0.2) is 36.7 Å². The molecule has 0 atom stereocenters. The van der Waals surface area contributed by atoms with Crippen molar-refractivity contribution in [2.75, 3.05) is 32.9 Å². The molecule has 0 radical (unpaired) electrons. The molecule has 5 nitrogen and oxygen atoms in total. The van der Waals surface area contributed by atoms with Gasteiger partial charge in [0.15, 0.2) is 0 Å². The lowest BCUT2D eigenvalue weighted by atomic mass is 10.1. The smallest absolute Gasteiger partial charge is 0.232 e. The summed E-state index contributed by atoms with van der Waals surface area (Å²) in [7, 11) is 0. The molecule has 3 rings (SSSR count).